The number of aliphatic imine (C=N–C) groups is 1. The smallest absolute Gasteiger partial charge is 0.391 e. The number of halogens is 3. The van der Waals surface area contributed by atoms with Crippen molar-refractivity contribution in [3.63, 3.8) is 0 Å². The van der Waals surface area contributed by atoms with Gasteiger partial charge in [-0.25, -0.2) is 0 Å². The van der Waals surface area contributed by atoms with E-state index in [4.69, 9.17) is 4.52 Å². The molecule has 0 unspecified atom stereocenters. The second-order valence-electron chi connectivity index (χ2n) is 7.88. The third kappa shape index (κ3) is 4.34. The Hall–Kier alpha value is -3.66. The van der Waals surface area contributed by atoms with Gasteiger partial charge in [0.1, 0.15) is 0 Å². The van der Waals surface area contributed by atoms with Gasteiger partial charge in [0.25, 0.3) is 0 Å². The van der Waals surface area contributed by atoms with E-state index >= 15 is 0 Å². The summed E-state index contributed by atoms with van der Waals surface area (Å²) < 4.78 is 46.1. The summed E-state index contributed by atoms with van der Waals surface area (Å²) in [5.74, 6) is -0.0733. The van der Waals surface area contributed by atoms with Crippen molar-refractivity contribution in [3.8, 4) is 11.3 Å². The van der Waals surface area contributed by atoms with Crippen LogP contribution in [0.5, 0.6) is 0 Å². The number of nitrogens with zero attached hydrogens (tertiary/aromatic N) is 3. The van der Waals surface area contributed by atoms with E-state index in [2.05, 4.69) is 15.5 Å². The number of aliphatic hydroxyl groups excluding tert-OH is 1. The molecule has 0 spiro atoms. The van der Waals surface area contributed by atoms with Crippen molar-refractivity contribution in [1.82, 2.24) is 5.16 Å². The third-order valence-electron chi connectivity index (χ3n) is 5.36. The zero-order valence-corrected chi connectivity index (χ0v) is 18.1. The van der Waals surface area contributed by atoms with Gasteiger partial charge < -0.3 is 19.8 Å². The van der Waals surface area contributed by atoms with Crippen LogP contribution in [0, 0.1) is 6.92 Å². The molecule has 0 bridgehead atoms. The lowest BCUT2D eigenvalue weighted by molar-refractivity contribution is -0.137. The summed E-state index contributed by atoms with van der Waals surface area (Å²) >= 11 is 0. The second kappa shape index (κ2) is 8.36. The Kier molecular flexibility index (Phi) is 5.71. The quantitative estimate of drug-likeness (QED) is 0.592. The number of carbonyl (C=O) groups is 1. The van der Waals surface area contributed by atoms with E-state index < -0.39 is 17.6 Å². The summed E-state index contributed by atoms with van der Waals surface area (Å²) in [5.41, 5.74) is 2.04. The van der Waals surface area contributed by atoms with Crippen LogP contribution < -0.4 is 10.2 Å². The summed E-state index contributed by atoms with van der Waals surface area (Å²) in [5, 5.41) is 16.1. The Bertz CT molecular complexity index is 1260. The molecule has 0 saturated carbocycles. The van der Waals surface area contributed by atoms with Crippen molar-refractivity contribution < 1.29 is 27.6 Å². The van der Waals surface area contributed by atoms with Gasteiger partial charge in [-0.3, -0.25) is 9.79 Å². The standard InChI is InChI=1S/C23H21F3N4O3/c1-12-15(11-31)22(33-29-12)14-6-4-5-13(7-14)17-10-21(32)28-18-8-16(23(24,25)26)20(30(2)3)9-19(18)27-17/h4-9,31H,10-11H2,1-3H3,(H,28,32). The molecule has 0 fully saturated rings. The fourth-order valence-electron chi connectivity index (χ4n) is 3.71. The summed E-state index contributed by atoms with van der Waals surface area (Å²) in [6, 6.07) is 9.24. The highest BCUT2D eigenvalue weighted by atomic mass is 19.4. The fraction of sp³-hybridized carbons (Fsp3) is 0.261. The van der Waals surface area contributed by atoms with Crippen molar-refractivity contribution in [2.45, 2.75) is 26.1 Å². The Labute approximate surface area is 187 Å². The third-order valence-corrected chi connectivity index (χ3v) is 5.36. The first-order valence-corrected chi connectivity index (χ1v) is 10.0. The van der Waals surface area contributed by atoms with Crippen LogP contribution in [0.4, 0.5) is 30.2 Å². The zero-order chi connectivity index (χ0) is 23.9. The highest BCUT2D eigenvalue weighted by Gasteiger charge is 2.36. The van der Waals surface area contributed by atoms with Gasteiger partial charge in [0, 0.05) is 25.2 Å². The van der Waals surface area contributed by atoms with Gasteiger partial charge in [-0.15, -0.1) is 0 Å². The van der Waals surface area contributed by atoms with Gasteiger partial charge in [-0.05, 0) is 30.7 Å². The van der Waals surface area contributed by atoms with Gasteiger partial charge >= 0.3 is 6.18 Å². The summed E-state index contributed by atoms with van der Waals surface area (Å²) in [7, 11) is 3.02. The van der Waals surface area contributed by atoms with E-state index in [0.29, 0.717) is 33.9 Å². The molecule has 0 radical (unpaired) electrons. The molecule has 0 aliphatic carbocycles. The fourth-order valence-corrected chi connectivity index (χ4v) is 3.71. The predicted octanol–water partition coefficient (Wildman–Crippen LogP) is 4.69. The molecule has 1 amide bonds. The van der Waals surface area contributed by atoms with Crippen molar-refractivity contribution in [3.05, 3.63) is 58.8 Å². The van der Waals surface area contributed by atoms with Gasteiger partial charge in [0.15, 0.2) is 5.76 Å². The van der Waals surface area contributed by atoms with E-state index in [1.165, 1.54) is 25.1 Å². The lowest BCUT2D eigenvalue weighted by Gasteiger charge is -2.21. The van der Waals surface area contributed by atoms with E-state index in [1.807, 2.05) is 0 Å². The van der Waals surface area contributed by atoms with Crippen LogP contribution in [-0.4, -0.2) is 36.0 Å². The maximum absolute atomic E-state index is 13.6. The van der Waals surface area contributed by atoms with Crippen LogP contribution in [0.15, 0.2) is 45.9 Å². The molecule has 33 heavy (non-hydrogen) atoms. The average Bonchev–Trinajstić information content (AvgIpc) is 3.04. The van der Waals surface area contributed by atoms with Crippen molar-refractivity contribution in [2.24, 2.45) is 4.99 Å². The number of rotatable bonds is 4. The van der Waals surface area contributed by atoms with Crippen LogP contribution >= 0.6 is 0 Å². The maximum Gasteiger partial charge on any atom is 0.418 e. The summed E-state index contributed by atoms with van der Waals surface area (Å²) in [6.07, 6.45) is -4.72. The largest absolute Gasteiger partial charge is 0.418 e. The van der Waals surface area contributed by atoms with Crippen LogP contribution in [0.1, 0.15) is 28.8 Å². The number of hydrogen-bond donors (Lipinski definition) is 2. The Morgan fingerprint density at radius 3 is 2.58 bits per heavy atom. The van der Waals surface area contributed by atoms with Crippen molar-refractivity contribution in [1.29, 1.82) is 0 Å². The van der Waals surface area contributed by atoms with Gasteiger partial charge in [0.2, 0.25) is 5.91 Å². The van der Waals surface area contributed by atoms with Gasteiger partial charge in [-0.2, -0.15) is 13.2 Å². The lowest BCUT2D eigenvalue weighted by Crippen LogP contribution is -2.18. The number of hydrogen-bond acceptors (Lipinski definition) is 6. The molecular weight excluding hydrogens is 437 g/mol. The van der Waals surface area contributed by atoms with Crippen molar-refractivity contribution in [2.75, 3.05) is 24.3 Å². The minimum Gasteiger partial charge on any atom is -0.391 e. The minimum atomic E-state index is -4.59. The molecule has 0 saturated heterocycles. The number of nitrogens with one attached hydrogen (secondary N) is 1. The van der Waals surface area contributed by atoms with Crippen LogP contribution in [0.2, 0.25) is 0 Å². The van der Waals surface area contributed by atoms with E-state index in [-0.39, 0.29) is 30.1 Å². The molecule has 7 nitrogen and oxygen atoms in total. The zero-order valence-electron chi connectivity index (χ0n) is 18.1. The molecule has 172 valence electrons. The molecule has 1 aromatic heterocycles. The number of alkyl halides is 3. The normalized spacial score (nSPS) is 13.8. The average molecular weight is 458 g/mol. The number of anilines is 2. The Balaban J connectivity index is 1.84. The second-order valence-corrected chi connectivity index (χ2v) is 7.88. The number of aliphatic hydroxyl groups is 1. The number of aryl methyl sites for hydroxylation is 1. The molecular formula is C23H21F3N4O3. The molecule has 1 aliphatic heterocycles. The molecule has 10 heteroatoms. The van der Waals surface area contributed by atoms with Crippen LogP contribution in [0.25, 0.3) is 11.3 Å². The van der Waals surface area contributed by atoms with E-state index in [1.54, 1.807) is 31.2 Å². The molecule has 4 rings (SSSR count). The lowest BCUT2D eigenvalue weighted by atomic mass is 10.0. The maximum atomic E-state index is 13.6. The van der Waals surface area contributed by atoms with Crippen LogP contribution in [0.3, 0.4) is 0 Å². The van der Waals surface area contributed by atoms with Crippen molar-refractivity contribution >= 4 is 28.7 Å². The number of fused-ring (bicyclic) bond motifs is 1. The topological polar surface area (TPSA) is 91.0 Å². The monoisotopic (exact) mass is 458 g/mol. The first-order chi connectivity index (χ1) is 15.6. The summed E-state index contributed by atoms with van der Waals surface area (Å²) in [4.78, 5) is 18.4. The van der Waals surface area contributed by atoms with Gasteiger partial charge in [-0.1, -0.05) is 23.4 Å². The number of benzene rings is 2. The number of amides is 1. The van der Waals surface area contributed by atoms with Gasteiger partial charge in [0.05, 0.1) is 47.1 Å². The van der Waals surface area contributed by atoms with Crippen LogP contribution in [-0.2, 0) is 17.6 Å². The molecule has 0 atom stereocenters. The molecule has 3 aromatic rings. The minimum absolute atomic E-state index is 0.00231. The molecule has 2 heterocycles. The molecule has 2 N–H and O–H groups in total. The summed E-state index contributed by atoms with van der Waals surface area (Å²) in [6.45, 7) is 1.47. The molecule has 1 aliphatic rings. The SMILES string of the molecule is Cc1noc(-c2cccc(C3=Nc4cc(N(C)C)c(C(F)(F)F)cc4NC(=O)C3)c2)c1CO. The van der Waals surface area contributed by atoms with E-state index in [0.717, 1.165) is 6.07 Å². The predicted molar refractivity (Wildman–Crippen MR) is 118 cm³/mol. The highest BCUT2D eigenvalue weighted by Crippen LogP contribution is 2.43. The number of carbonyl (C=O) groups excluding carboxylic acids is 1. The molecule has 2 aromatic carbocycles. The Morgan fingerprint density at radius 1 is 1.18 bits per heavy atom. The first-order valence-electron chi connectivity index (χ1n) is 10.0. The Morgan fingerprint density at radius 2 is 1.91 bits per heavy atom. The van der Waals surface area contributed by atoms with E-state index in [9.17, 15) is 23.1 Å². The highest BCUT2D eigenvalue weighted by molar-refractivity contribution is 6.17. The first kappa shape index (κ1) is 22.5. The number of aromatic nitrogens is 1.